The first-order valence-corrected chi connectivity index (χ1v) is 10.2. The van der Waals surface area contributed by atoms with Crippen molar-refractivity contribution in [3.63, 3.8) is 0 Å². The summed E-state index contributed by atoms with van der Waals surface area (Å²) in [7, 11) is 0. The van der Waals surface area contributed by atoms with Gasteiger partial charge in [-0.2, -0.15) is 5.26 Å². The molecule has 0 radical (unpaired) electrons. The number of pyridine rings is 1. The van der Waals surface area contributed by atoms with E-state index in [0.717, 1.165) is 29.7 Å². The molecule has 0 aliphatic carbocycles. The molecule has 2 aliphatic heterocycles. The molecule has 5 rings (SSSR count). The van der Waals surface area contributed by atoms with Gasteiger partial charge in [0.25, 0.3) is 5.91 Å². The van der Waals surface area contributed by atoms with E-state index in [-0.39, 0.29) is 11.3 Å². The zero-order chi connectivity index (χ0) is 20.6. The molecule has 3 aromatic rings. The number of fused-ring (bicyclic) bond motifs is 2. The van der Waals surface area contributed by atoms with Crippen LogP contribution in [0.1, 0.15) is 34.3 Å². The fourth-order valence-electron chi connectivity index (χ4n) is 4.67. The quantitative estimate of drug-likeness (QED) is 0.648. The van der Waals surface area contributed by atoms with Gasteiger partial charge in [-0.1, -0.05) is 24.3 Å². The number of aromatic nitrogens is 1. The van der Waals surface area contributed by atoms with Crippen molar-refractivity contribution < 1.29 is 9.53 Å². The van der Waals surface area contributed by atoms with Crippen LogP contribution in [-0.4, -0.2) is 30.6 Å². The Morgan fingerprint density at radius 1 is 1.07 bits per heavy atom. The Bertz CT molecular complexity index is 1140. The lowest BCUT2D eigenvalue weighted by molar-refractivity contribution is 0.0547. The Labute approximate surface area is 175 Å². The minimum atomic E-state index is -0.122. The summed E-state index contributed by atoms with van der Waals surface area (Å²) in [5, 5.41) is 9.47. The van der Waals surface area contributed by atoms with E-state index < -0.39 is 0 Å². The van der Waals surface area contributed by atoms with E-state index in [2.05, 4.69) is 17.1 Å². The molecule has 1 aromatic heterocycles. The number of amides is 1. The lowest BCUT2D eigenvalue weighted by atomic mass is 9.75. The first-order valence-electron chi connectivity index (χ1n) is 10.2. The van der Waals surface area contributed by atoms with Gasteiger partial charge in [0.15, 0.2) is 0 Å². The van der Waals surface area contributed by atoms with Crippen LogP contribution in [0.15, 0.2) is 67.0 Å². The molecule has 0 unspecified atom stereocenters. The van der Waals surface area contributed by atoms with Gasteiger partial charge in [0.1, 0.15) is 0 Å². The standard InChI is InChI=1S/C25H21N3O2/c26-15-19-4-1-2-6-21(19)24(29)28-17-25(9-12-30-13-10-25)22-14-18(7-8-23(22)28)20-5-3-11-27-16-20/h1-8,11,14,16H,9-10,12-13,17H2. The summed E-state index contributed by atoms with van der Waals surface area (Å²) in [6, 6.07) is 19.4. The number of hydrogen-bond donors (Lipinski definition) is 0. The molecule has 5 nitrogen and oxygen atoms in total. The van der Waals surface area contributed by atoms with E-state index in [1.807, 2.05) is 35.4 Å². The summed E-state index contributed by atoms with van der Waals surface area (Å²) in [4.78, 5) is 19.6. The van der Waals surface area contributed by atoms with Gasteiger partial charge in [-0.05, 0) is 59.9 Å². The number of anilines is 1. The largest absolute Gasteiger partial charge is 0.381 e. The number of ether oxygens (including phenoxy) is 1. The third-order valence-corrected chi connectivity index (χ3v) is 6.29. The molecule has 2 aromatic carbocycles. The molecular formula is C25H21N3O2. The molecule has 30 heavy (non-hydrogen) atoms. The highest BCUT2D eigenvalue weighted by molar-refractivity contribution is 6.09. The maximum Gasteiger partial charge on any atom is 0.259 e. The summed E-state index contributed by atoms with van der Waals surface area (Å²) < 4.78 is 5.65. The fourth-order valence-corrected chi connectivity index (χ4v) is 4.67. The van der Waals surface area contributed by atoms with Crippen LogP contribution in [0.25, 0.3) is 11.1 Å². The zero-order valence-corrected chi connectivity index (χ0v) is 16.5. The molecule has 1 saturated heterocycles. The van der Waals surface area contributed by atoms with Crippen molar-refractivity contribution in [3.8, 4) is 17.2 Å². The summed E-state index contributed by atoms with van der Waals surface area (Å²) >= 11 is 0. The van der Waals surface area contributed by atoms with Crippen LogP contribution in [0.5, 0.6) is 0 Å². The molecule has 1 fully saturated rings. The normalized spacial score (nSPS) is 16.8. The minimum Gasteiger partial charge on any atom is -0.381 e. The molecule has 1 spiro atoms. The Morgan fingerprint density at radius 2 is 1.90 bits per heavy atom. The maximum atomic E-state index is 13.5. The predicted molar refractivity (Wildman–Crippen MR) is 114 cm³/mol. The van der Waals surface area contributed by atoms with Gasteiger partial charge in [-0.25, -0.2) is 0 Å². The molecule has 2 aliphatic rings. The van der Waals surface area contributed by atoms with Crippen molar-refractivity contribution in [1.29, 1.82) is 5.26 Å². The highest BCUT2D eigenvalue weighted by Crippen LogP contribution is 2.48. The van der Waals surface area contributed by atoms with Gasteiger partial charge >= 0.3 is 0 Å². The number of nitrogens with zero attached hydrogens (tertiary/aromatic N) is 3. The van der Waals surface area contributed by atoms with E-state index in [9.17, 15) is 10.1 Å². The summed E-state index contributed by atoms with van der Waals surface area (Å²) in [5.74, 6) is -0.120. The highest BCUT2D eigenvalue weighted by atomic mass is 16.5. The van der Waals surface area contributed by atoms with Crippen molar-refractivity contribution in [2.45, 2.75) is 18.3 Å². The van der Waals surface area contributed by atoms with Crippen LogP contribution in [0.4, 0.5) is 5.69 Å². The van der Waals surface area contributed by atoms with Crippen molar-refractivity contribution in [2.24, 2.45) is 0 Å². The third kappa shape index (κ3) is 2.97. The van der Waals surface area contributed by atoms with E-state index in [0.29, 0.717) is 30.9 Å². The zero-order valence-electron chi connectivity index (χ0n) is 16.5. The lowest BCUT2D eigenvalue weighted by Gasteiger charge is -2.34. The Balaban J connectivity index is 1.61. The second-order valence-corrected chi connectivity index (χ2v) is 7.92. The number of rotatable bonds is 2. The number of nitriles is 1. The SMILES string of the molecule is N#Cc1ccccc1C(=O)N1CC2(CCOCC2)c2cc(-c3cccnc3)ccc21. The molecule has 0 atom stereocenters. The number of hydrogen-bond acceptors (Lipinski definition) is 4. The van der Waals surface area contributed by atoms with Crippen molar-refractivity contribution >= 4 is 11.6 Å². The maximum absolute atomic E-state index is 13.5. The van der Waals surface area contributed by atoms with E-state index >= 15 is 0 Å². The van der Waals surface area contributed by atoms with Crippen LogP contribution < -0.4 is 4.90 Å². The van der Waals surface area contributed by atoms with E-state index in [1.54, 1.807) is 30.5 Å². The topological polar surface area (TPSA) is 66.2 Å². The van der Waals surface area contributed by atoms with Crippen LogP contribution in [0, 0.1) is 11.3 Å². The van der Waals surface area contributed by atoms with Crippen LogP contribution in [0.2, 0.25) is 0 Å². The monoisotopic (exact) mass is 395 g/mol. The van der Waals surface area contributed by atoms with E-state index in [4.69, 9.17) is 4.74 Å². The molecular weight excluding hydrogens is 374 g/mol. The smallest absolute Gasteiger partial charge is 0.259 e. The van der Waals surface area contributed by atoms with Gasteiger partial charge in [-0.3, -0.25) is 9.78 Å². The van der Waals surface area contributed by atoms with Crippen LogP contribution in [-0.2, 0) is 10.2 Å². The third-order valence-electron chi connectivity index (χ3n) is 6.29. The molecule has 0 N–H and O–H groups in total. The predicted octanol–water partition coefficient (Wildman–Crippen LogP) is 4.33. The lowest BCUT2D eigenvalue weighted by Crippen LogP contribution is -2.40. The van der Waals surface area contributed by atoms with Gasteiger partial charge in [0.2, 0.25) is 0 Å². The van der Waals surface area contributed by atoms with Crippen LogP contribution >= 0.6 is 0 Å². The van der Waals surface area contributed by atoms with Gasteiger partial charge in [-0.15, -0.1) is 0 Å². The Hall–Kier alpha value is -3.49. The first kappa shape index (κ1) is 18.5. The molecule has 0 saturated carbocycles. The van der Waals surface area contributed by atoms with E-state index in [1.165, 1.54) is 5.56 Å². The van der Waals surface area contributed by atoms with Gasteiger partial charge in [0, 0.05) is 43.3 Å². The Kier molecular flexibility index (Phi) is 4.57. The summed E-state index contributed by atoms with van der Waals surface area (Å²) in [6.45, 7) is 1.99. The molecule has 5 heteroatoms. The molecule has 148 valence electrons. The van der Waals surface area contributed by atoms with Crippen molar-refractivity contribution in [3.05, 3.63) is 83.7 Å². The second-order valence-electron chi connectivity index (χ2n) is 7.92. The number of carbonyl (C=O) groups is 1. The molecule has 1 amide bonds. The number of carbonyl (C=O) groups excluding carboxylic acids is 1. The second kappa shape index (κ2) is 7.40. The average molecular weight is 395 g/mol. The fraction of sp³-hybridized carbons (Fsp3) is 0.240. The average Bonchev–Trinajstić information content (AvgIpc) is 3.12. The van der Waals surface area contributed by atoms with Gasteiger partial charge < -0.3 is 9.64 Å². The summed E-state index contributed by atoms with van der Waals surface area (Å²) in [5.41, 5.74) is 5.01. The Morgan fingerprint density at radius 3 is 2.67 bits per heavy atom. The van der Waals surface area contributed by atoms with Crippen molar-refractivity contribution in [1.82, 2.24) is 4.98 Å². The molecule has 0 bridgehead atoms. The molecule has 3 heterocycles. The van der Waals surface area contributed by atoms with Gasteiger partial charge in [0.05, 0.1) is 17.2 Å². The summed E-state index contributed by atoms with van der Waals surface area (Å²) in [6.07, 6.45) is 5.38. The minimum absolute atomic E-state index is 0.120. The van der Waals surface area contributed by atoms with Crippen molar-refractivity contribution in [2.75, 3.05) is 24.7 Å². The highest BCUT2D eigenvalue weighted by Gasteiger charge is 2.46. The first-order chi connectivity index (χ1) is 14.7. The van der Waals surface area contributed by atoms with Crippen LogP contribution in [0.3, 0.4) is 0 Å². The number of benzene rings is 2.